The lowest BCUT2D eigenvalue weighted by atomic mass is 10.0. The fraction of sp³-hybridized carbons (Fsp3) is 0.214. The van der Waals surface area contributed by atoms with Crippen molar-refractivity contribution in [1.82, 2.24) is 4.98 Å². The van der Waals surface area contributed by atoms with E-state index in [1.165, 1.54) is 11.1 Å². The largest absolute Gasteiger partial charge is 0.391 e. The van der Waals surface area contributed by atoms with Crippen molar-refractivity contribution in [2.75, 3.05) is 0 Å². The SMILES string of the molecule is Cc1ccc(-c2ccc(CO)c(=O)[nH]2)cc1C. The fourth-order valence-electron chi connectivity index (χ4n) is 1.71. The van der Waals surface area contributed by atoms with Gasteiger partial charge in [-0.25, -0.2) is 0 Å². The molecule has 2 rings (SSSR count). The van der Waals surface area contributed by atoms with Crippen LogP contribution in [0.2, 0.25) is 0 Å². The maximum Gasteiger partial charge on any atom is 0.253 e. The Balaban J connectivity index is 2.50. The number of aliphatic hydroxyl groups excluding tert-OH is 1. The third-order valence-corrected chi connectivity index (χ3v) is 2.98. The molecular weight excluding hydrogens is 214 g/mol. The van der Waals surface area contributed by atoms with E-state index in [-0.39, 0.29) is 12.2 Å². The van der Waals surface area contributed by atoms with E-state index in [4.69, 9.17) is 5.11 Å². The number of nitrogens with one attached hydrogen (secondary N) is 1. The number of rotatable bonds is 2. The topological polar surface area (TPSA) is 53.1 Å². The molecule has 3 nitrogen and oxygen atoms in total. The van der Waals surface area contributed by atoms with Crippen LogP contribution in [-0.2, 0) is 6.61 Å². The summed E-state index contributed by atoms with van der Waals surface area (Å²) in [6, 6.07) is 9.52. The zero-order valence-electron chi connectivity index (χ0n) is 9.95. The Kier molecular flexibility index (Phi) is 3.11. The van der Waals surface area contributed by atoms with Crippen molar-refractivity contribution < 1.29 is 5.11 Å². The molecule has 0 fully saturated rings. The summed E-state index contributed by atoms with van der Waals surface area (Å²) in [4.78, 5) is 14.4. The molecule has 1 aromatic heterocycles. The van der Waals surface area contributed by atoms with Crippen molar-refractivity contribution in [2.24, 2.45) is 0 Å². The summed E-state index contributed by atoms with van der Waals surface area (Å²) in [6.45, 7) is 3.86. The fourth-order valence-corrected chi connectivity index (χ4v) is 1.71. The quantitative estimate of drug-likeness (QED) is 0.829. The van der Waals surface area contributed by atoms with E-state index in [1.54, 1.807) is 6.07 Å². The standard InChI is InChI=1S/C14H15NO2/c1-9-3-4-11(7-10(9)2)13-6-5-12(8-16)14(17)15-13/h3-7,16H,8H2,1-2H3,(H,15,17). The average molecular weight is 229 g/mol. The zero-order valence-corrected chi connectivity index (χ0v) is 9.95. The van der Waals surface area contributed by atoms with Gasteiger partial charge in [0.2, 0.25) is 0 Å². The van der Waals surface area contributed by atoms with Gasteiger partial charge in [0.05, 0.1) is 6.61 Å². The minimum Gasteiger partial charge on any atom is -0.391 e. The van der Waals surface area contributed by atoms with Gasteiger partial charge < -0.3 is 10.1 Å². The van der Waals surface area contributed by atoms with Gasteiger partial charge in [0.25, 0.3) is 5.56 Å². The molecule has 0 atom stereocenters. The average Bonchev–Trinajstić information content (AvgIpc) is 2.32. The molecule has 2 aromatic rings. The minimum atomic E-state index is -0.234. The number of aromatic amines is 1. The summed E-state index contributed by atoms with van der Waals surface area (Å²) in [6.07, 6.45) is 0. The van der Waals surface area contributed by atoms with Crippen molar-refractivity contribution in [2.45, 2.75) is 20.5 Å². The second kappa shape index (κ2) is 4.55. The lowest BCUT2D eigenvalue weighted by Crippen LogP contribution is -2.12. The van der Waals surface area contributed by atoms with Gasteiger partial charge in [-0.1, -0.05) is 12.1 Å². The Bertz CT molecular complexity index is 599. The number of hydrogen-bond donors (Lipinski definition) is 2. The molecule has 88 valence electrons. The van der Waals surface area contributed by atoms with Gasteiger partial charge in [-0.05, 0) is 48.7 Å². The van der Waals surface area contributed by atoms with E-state index in [1.807, 2.05) is 31.2 Å². The number of pyridine rings is 1. The van der Waals surface area contributed by atoms with Crippen LogP contribution in [0.1, 0.15) is 16.7 Å². The predicted molar refractivity (Wildman–Crippen MR) is 67.9 cm³/mol. The van der Waals surface area contributed by atoms with E-state index < -0.39 is 0 Å². The van der Waals surface area contributed by atoms with E-state index in [9.17, 15) is 4.79 Å². The first kappa shape index (κ1) is 11.6. The first-order chi connectivity index (χ1) is 8.11. The summed E-state index contributed by atoms with van der Waals surface area (Å²) in [7, 11) is 0. The van der Waals surface area contributed by atoms with Crippen LogP contribution in [-0.4, -0.2) is 10.1 Å². The minimum absolute atomic E-state index is 0.233. The molecule has 0 radical (unpaired) electrons. The van der Waals surface area contributed by atoms with Crippen LogP contribution in [0.4, 0.5) is 0 Å². The second-order valence-corrected chi connectivity index (χ2v) is 4.18. The molecule has 0 spiro atoms. The highest BCUT2D eigenvalue weighted by Crippen LogP contribution is 2.19. The van der Waals surface area contributed by atoms with Crippen molar-refractivity contribution in [1.29, 1.82) is 0 Å². The zero-order chi connectivity index (χ0) is 12.4. The van der Waals surface area contributed by atoms with Crippen LogP contribution < -0.4 is 5.56 Å². The van der Waals surface area contributed by atoms with Crippen molar-refractivity contribution in [3.8, 4) is 11.3 Å². The molecule has 3 heteroatoms. The Labute approximate surface area is 99.8 Å². The Morgan fingerprint density at radius 2 is 1.88 bits per heavy atom. The smallest absolute Gasteiger partial charge is 0.253 e. The monoisotopic (exact) mass is 229 g/mol. The van der Waals surface area contributed by atoms with Crippen LogP contribution in [0.5, 0.6) is 0 Å². The van der Waals surface area contributed by atoms with Gasteiger partial charge in [-0.15, -0.1) is 0 Å². The molecule has 0 bridgehead atoms. The highest BCUT2D eigenvalue weighted by molar-refractivity contribution is 5.60. The van der Waals surface area contributed by atoms with Crippen LogP contribution >= 0.6 is 0 Å². The van der Waals surface area contributed by atoms with Gasteiger partial charge in [0, 0.05) is 11.3 Å². The lowest BCUT2D eigenvalue weighted by molar-refractivity contribution is 0.280. The molecule has 2 N–H and O–H groups in total. The molecule has 0 saturated carbocycles. The van der Waals surface area contributed by atoms with Gasteiger partial charge in [-0.2, -0.15) is 0 Å². The number of hydrogen-bond acceptors (Lipinski definition) is 2. The van der Waals surface area contributed by atoms with Crippen molar-refractivity contribution in [3.05, 3.63) is 57.4 Å². The van der Waals surface area contributed by atoms with Crippen LogP contribution in [0.3, 0.4) is 0 Å². The van der Waals surface area contributed by atoms with Gasteiger partial charge >= 0.3 is 0 Å². The summed E-state index contributed by atoms with van der Waals surface area (Å²) in [5.74, 6) is 0. The van der Waals surface area contributed by atoms with Gasteiger partial charge in [0.1, 0.15) is 0 Å². The lowest BCUT2D eigenvalue weighted by Gasteiger charge is -2.06. The van der Waals surface area contributed by atoms with Crippen LogP contribution in [0.15, 0.2) is 35.1 Å². The van der Waals surface area contributed by atoms with E-state index in [0.29, 0.717) is 5.56 Å². The first-order valence-corrected chi connectivity index (χ1v) is 5.52. The maximum absolute atomic E-state index is 11.6. The third-order valence-electron chi connectivity index (χ3n) is 2.98. The summed E-state index contributed by atoms with van der Waals surface area (Å²) in [5, 5.41) is 8.94. The molecule has 1 aromatic carbocycles. The summed E-state index contributed by atoms with van der Waals surface area (Å²) in [5.41, 5.74) is 4.32. The number of aryl methyl sites for hydroxylation is 2. The van der Waals surface area contributed by atoms with E-state index >= 15 is 0 Å². The second-order valence-electron chi connectivity index (χ2n) is 4.18. The number of aliphatic hydroxyl groups is 1. The van der Waals surface area contributed by atoms with Crippen molar-refractivity contribution in [3.63, 3.8) is 0 Å². The summed E-state index contributed by atoms with van der Waals surface area (Å²) < 4.78 is 0. The molecule has 0 amide bonds. The number of aromatic nitrogens is 1. The Morgan fingerprint density at radius 3 is 2.47 bits per heavy atom. The normalized spacial score (nSPS) is 10.5. The highest BCUT2D eigenvalue weighted by atomic mass is 16.3. The molecule has 0 aliphatic heterocycles. The van der Waals surface area contributed by atoms with Crippen LogP contribution in [0.25, 0.3) is 11.3 Å². The van der Waals surface area contributed by atoms with Gasteiger partial charge in [0.15, 0.2) is 0 Å². The number of benzene rings is 1. The Morgan fingerprint density at radius 1 is 1.12 bits per heavy atom. The maximum atomic E-state index is 11.6. The molecule has 0 unspecified atom stereocenters. The summed E-state index contributed by atoms with van der Waals surface area (Å²) >= 11 is 0. The molecule has 17 heavy (non-hydrogen) atoms. The Hall–Kier alpha value is -1.87. The highest BCUT2D eigenvalue weighted by Gasteiger charge is 2.03. The van der Waals surface area contributed by atoms with E-state index in [2.05, 4.69) is 11.9 Å². The molecule has 1 heterocycles. The predicted octanol–water partition coefficient (Wildman–Crippen LogP) is 2.15. The first-order valence-electron chi connectivity index (χ1n) is 5.52. The third kappa shape index (κ3) is 2.29. The molecule has 0 aliphatic rings. The van der Waals surface area contributed by atoms with E-state index in [0.717, 1.165) is 11.3 Å². The molecular formula is C14H15NO2. The number of H-pyrrole nitrogens is 1. The molecule has 0 saturated heterocycles. The van der Waals surface area contributed by atoms with Gasteiger partial charge in [-0.3, -0.25) is 4.79 Å². The van der Waals surface area contributed by atoms with Crippen LogP contribution in [0, 0.1) is 13.8 Å². The van der Waals surface area contributed by atoms with Crippen molar-refractivity contribution >= 4 is 0 Å². The molecule has 0 aliphatic carbocycles.